The van der Waals surface area contributed by atoms with E-state index in [0.29, 0.717) is 28.8 Å². The molecule has 0 unspecified atom stereocenters. The monoisotopic (exact) mass is 347 g/mol. The second-order valence-corrected chi connectivity index (χ2v) is 5.11. The van der Waals surface area contributed by atoms with Gasteiger partial charge in [0.2, 0.25) is 0 Å². The van der Waals surface area contributed by atoms with Crippen molar-refractivity contribution in [1.82, 2.24) is 5.43 Å². The second kappa shape index (κ2) is 8.79. The van der Waals surface area contributed by atoms with Gasteiger partial charge >= 0.3 is 6.03 Å². The summed E-state index contributed by atoms with van der Waals surface area (Å²) >= 11 is 5.85. The number of hydrazone groups is 1. The molecule has 126 valence electrons. The molecule has 2 aromatic carbocycles. The first-order valence-corrected chi connectivity index (χ1v) is 7.66. The van der Waals surface area contributed by atoms with Crippen molar-refractivity contribution < 1.29 is 14.3 Å². The normalized spacial score (nSPS) is 10.5. The van der Waals surface area contributed by atoms with E-state index in [9.17, 15) is 4.79 Å². The Hall–Kier alpha value is -2.73. The van der Waals surface area contributed by atoms with Crippen LogP contribution in [0.4, 0.5) is 10.5 Å². The molecule has 2 aromatic rings. The van der Waals surface area contributed by atoms with E-state index < -0.39 is 6.03 Å². The number of rotatable bonds is 6. The van der Waals surface area contributed by atoms with Crippen LogP contribution in [0.15, 0.2) is 47.6 Å². The van der Waals surface area contributed by atoms with Crippen LogP contribution in [0.2, 0.25) is 5.02 Å². The maximum atomic E-state index is 11.8. The van der Waals surface area contributed by atoms with Gasteiger partial charge < -0.3 is 14.8 Å². The lowest BCUT2D eigenvalue weighted by atomic mass is 10.2. The molecule has 0 bridgehead atoms. The minimum absolute atomic E-state index is 0.466. The number of carbonyl (C=O) groups excluding carboxylic acids is 1. The summed E-state index contributed by atoms with van der Waals surface area (Å²) < 4.78 is 10.7. The van der Waals surface area contributed by atoms with E-state index in [0.717, 1.165) is 5.56 Å². The zero-order valence-electron chi connectivity index (χ0n) is 13.4. The number of carbonyl (C=O) groups is 1. The number of benzene rings is 2. The molecule has 0 saturated carbocycles. The molecule has 7 heteroatoms. The fourth-order valence-electron chi connectivity index (χ4n) is 1.93. The van der Waals surface area contributed by atoms with Crippen molar-refractivity contribution in [3.63, 3.8) is 0 Å². The van der Waals surface area contributed by atoms with Gasteiger partial charge in [-0.05, 0) is 48.9 Å². The van der Waals surface area contributed by atoms with Gasteiger partial charge in [-0.15, -0.1) is 0 Å². The SMILES string of the molecule is CCOc1ccc(C=NNC(=O)Nc2cccc(Cl)c2)cc1OC. The second-order valence-electron chi connectivity index (χ2n) is 4.68. The van der Waals surface area contributed by atoms with Crippen LogP contribution in [-0.2, 0) is 0 Å². The van der Waals surface area contributed by atoms with E-state index in [1.807, 2.05) is 13.0 Å². The highest BCUT2D eigenvalue weighted by Crippen LogP contribution is 2.27. The molecule has 0 spiro atoms. The first-order valence-electron chi connectivity index (χ1n) is 7.29. The number of nitrogens with zero attached hydrogens (tertiary/aromatic N) is 1. The smallest absolute Gasteiger partial charge is 0.339 e. The number of anilines is 1. The summed E-state index contributed by atoms with van der Waals surface area (Å²) in [6.45, 7) is 2.45. The van der Waals surface area contributed by atoms with Crippen molar-refractivity contribution in [3.8, 4) is 11.5 Å². The zero-order valence-corrected chi connectivity index (χ0v) is 14.1. The Kier molecular flexibility index (Phi) is 6.45. The number of ether oxygens (including phenoxy) is 2. The lowest BCUT2D eigenvalue weighted by Crippen LogP contribution is -2.24. The molecule has 2 rings (SSSR count). The third kappa shape index (κ3) is 5.17. The van der Waals surface area contributed by atoms with E-state index in [1.165, 1.54) is 6.21 Å². The fourth-order valence-corrected chi connectivity index (χ4v) is 2.12. The average Bonchev–Trinajstić information content (AvgIpc) is 2.56. The number of urea groups is 1. The number of hydrogen-bond acceptors (Lipinski definition) is 4. The summed E-state index contributed by atoms with van der Waals surface area (Å²) in [5, 5.41) is 7.06. The number of amides is 2. The summed E-state index contributed by atoms with van der Waals surface area (Å²) in [4.78, 5) is 11.8. The predicted octanol–water partition coefficient (Wildman–Crippen LogP) is 3.90. The summed E-state index contributed by atoms with van der Waals surface area (Å²) in [6.07, 6.45) is 1.51. The van der Waals surface area contributed by atoms with E-state index in [2.05, 4.69) is 15.8 Å². The zero-order chi connectivity index (χ0) is 17.4. The van der Waals surface area contributed by atoms with Crippen molar-refractivity contribution in [3.05, 3.63) is 53.1 Å². The maximum Gasteiger partial charge on any atom is 0.339 e. The standard InChI is InChI=1S/C17H18ClN3O3/c1-3-24-15-8-7-12(9-16(15)23-2)11-19-21-17(22)20-14-6-4-5-13(18)10-14/h4-11H,3H2,1-2H3,(H2,20,21,22). The van der Waals surface area contributed by atoms with Gasteiger partial charge in [0.1, 0.15) is 0 Å². The molecule has 0 saturated heterocycles. The van der Waals surface area contributed by atoms with Gasteiger partial charge in [0, 0.05) is 10.7 Å². The number of nitrogens with one attached hydrogen (secondary N) is 2. The van der Waals surface area contributed by atoms with Crippen LogP contribution in [-0.4, -0.2) is 26.0 Å². The van der Waals surface area contributed by atoms with Crippen LogP contribution in [0.5, 0.6) is 11.5 Å². The van der Waals surface area contributed by atoms with E-state index in [-0.39, 0.29) is 0 Å². The van der Waals surface area contributed by atoms with Crippen LogP contribution < -0.4 is 20.2 Å². The van der Waals surface area contributed by atoms with E-state index in [1.54, 1.807) is 43.5 Å². The molecule has 0 aromatic heterocycles. The quantitative estimate of drug-likeness (QED) is 0.615. The first-order chi connectivity index (χ1) is 11.6. The number of halogens is 1. The Morgan fingerprint density at radius 3 is 2.79 bits per heavy atom. The summed E-state index contributed by atoms with van der Waals surface area (Å²) in [5.74, 6) is 1.26. The molecule has 0 aliphatic rings. The summed E-state index contributed by atoms with van der Waals surface area (Å²) in [6, 6.07) is 11.7. The molecule has 0 aliphatic carbocycles. The van der Waals surface area contributed by atoms with Gasteiger partial charge in [0.05, 0.1) is 19.9 Å². The molecular weight excluding hydrogens is 330 g/mol. The minimum atomic E-state index is -0.466. The lowest BCUT2D eigenvalue weighted by Gasteiger charge is -2.09. The first kappa shape index (κ1) is 17.6. The molecular formula is C17H18ClN3O3. The topological polar surface area (TPSA) is 72.0 Å². The molecule has 0 aliphatic heterocycles. The third-order valence-corrected chi connectivity index (χ3v) is 3.18. The highest BCUT2D eigenvalue weighted by molar-refractivity contribution is 6.30. The Labute approximate surface area is 145 Å². The number of methoxy groups -OCH3 is 1. The van der Waals surface area contributed by atoms with Crippen molar-refractivity contribution >= 4 is 29.5 Å². The third-order valence-electron chi connectivity index (χ3n) is 2.95. The molecule has 2 N–H and O–H groups in total. The molecule has 0 heterocycles. The Morgan fingerprint density at radius 2 is 2.08 bits per heavy atom. The highest BCUT2D eigenvalue weighted by atomic mass is 35.5. The minimum Gasteiger partial charge on any atom is -0.493 e. The van der Waals surface area contributed by atoms with Gasteiger partial charge in [-0.1, -0.05) is 17.7 Å². The van der Waals surface area contributed by atoms with E-state index >= 15 is 0 Å². The molecule has 0 fully saturated rings. The average molecular weight is 348 g/mol. The van der Waals surface area contributed by atoms with Gasteiger partial charge in [0.25, 0.3) is 0 Å². The Morgan fingerprint density at radius 1 is 1.25 bits per heavy atom. The molecule has 0 radical (unpaired) electrons. The molecule has 0 atom stereocenters. The van der Waals surface area contributed by atoms with Gasteiger partial charge in [-0.3, -0.25) is 0 Å². The summed E-state index contributed by atoms with van der Waals surface area (Å²) in [7, 11) is 1.56. The highest BCUT2D eigenvalue weighted by Gasteiger charge is 2.04. The van der Waals surface area contributed by atoms with Crippen LogP contribution in [0.25, 0.3) is 0 Å². The van der Waals surface area contributed by atoms with E-state index in [4.69, 9.17) is 21.1 Å². The van der Waals surface area contributed by atoms with Crippen molar-refractivity contribution in [1.29, 1.82) is 0 Å². The molecule has 24 heavy (non-hydrogen) atoms. The Balaban J connectivity index is 1.94. The van der Waals surface area contributed by atoms with Crippen LogP contribution >= 0.6 is 11.6 Å². The van der Waals surface area contributed by atoms with Gasteiger partial charge in [0.15, 0.2) is 11.5 Å². The molecule has 2 amide bonds. The largest absolute Gasteiger partial charge is 0.493 e. The van der Waals surface area contributed by atoms with Crippen molar-refractivity contribution in [2.75, 3.05) is 19.0 Å². The maximum absolute atomic E-state index is 11.8. The fraction of sp³-hybridized carbons (Fsp3) is 0.176. The summed E-state index contributed by atoms with van der Waals surface area (Å²) in [5.41, 5.74) is 3.72. The van der Waals surface area contributed by atoms with Gasteiger partial charge in [-0.25, -0.2) is 10.2 Å². The Bertz CT molecular complexity index is 735. The van der Waals surface area contributed by atoms with Crippen molar-refractivity contribution in [2.24, 2.45) is 5.10 Å². The van der Waals surface area contributed by atoms with Crippen molar-refractivity contribution in [2.45, 2.75) is 6.92 Å². The van der Waals surface area contributed by atoms with Gasteiger partial charge in [-0.2, -0.15) is 5.10 Å². The predicted molar refractivity (Wildman–Crippen MR) is 95.4 cm³/mol. The molecule has 6 nitrogen and oxygen atoms in total. The number of hydrogen-bond donors (Lipinski definition) is 2. The lowest BCUT2D eigenvalue weighted by molar-refractivity contribution is 0.252. The van der Waals surface area contributed by atoms with Crippen LogP contribution in [0.1, 0.15) is 12.5 Å². The van der Waals surface area contributed by atoms with Crippen LogP contribution in [0.3, 0.4) is 0 Å². The van der Waals surface area contributed by atoms with Crippen LogP contribution in [0, 0.1) is 0 Å².